The van der Waals surface area contributed by atoms with Crippen LogP contribution in [0.5, 0.6) is 0 Å². The first-order valence-electron chi connectivity index (χ1n) is 4.85. The van der Waals surface area contributed by atoms with Crippen molar-refractivity contribution in [2.45, 2.75) is 38.6 Å². The summed E-state index contributed by atoms with van der Waals surface area (Å²) in [6.45, 7) is 2.19. The summed E-state index contributed by atoms with van der Waals surface area (Å²) in [5.41, 5.74) is 2.87. The van der Waals surface area contributed by atoms with Crippen molar-refractivity contribution < 1.29 is 0 Å². The lowest BCUT2D eigenvalue weighted by molar-refractivity contribution is 0.460. The summed E-state index contributed by atoms with van der Waals surface area (Å²) in [7, 11) is 0. The second kappa shape index (κ2) is 6.13. The van der Waals surface area contributed by atoms with Gasteiger partial charge in [-0.05, 0) is 30.7 Å². The molecule has 74 valence electrons. The molecule has 1 heterocycles. The zero-order valence-corrected chi connectivity index (χ0v) is 8.94. The van der Waals surface area contributed by atoms with Crippen molar-refractivity contribution in [3.8, 4) is 0 Å². The molecule has 1 unspecified atom stereocenters. The van der Waals surface area contributed by atoms with Gasteiger partial charge in [-0.3, -0.25) is 11.3 Å². The normalized spacial score (nSPS) is 13.1. The Balaban J connectivity index is 2.23. The highest BCUT2D eigenvalue weighted by Gasteiger charge is 2.05. The van der Waals surface area contributed by atoms with E-state index < -0.39 is 0 Å². The molecule has 0 aliphatic rings. The van der Waals surface area contributed by atoms with Crippen LogP contribution in [0.15, 0.2) is 17.5 Å². The molecule has 0 aliphatic carbocycles. The highest BCUT2D eigenvalue weighted by atomic mass is 32.1. The predicted molar refractivity (Wildman–Crippen MR) is 58.7 cm³/mol. The molecule has 2 nitrogen and oxygen atoms in total. The third-order valence-electron chi connectivity index (χ3n) is 2.19. The van der Waals surface area contributed by atoms with E-state index in [1.54, 1.807) is 0 Å². The van der Waals surface area contributed by atoms with Crippen LogP contribution in [0.2, 0.25) is 0 Å². The number of nitrogens with one attached hydrogen (secondary N) is 1. The Morgan fingerprint density at radius 3 is 2.92 bits per heavy atom. The van der Waals surface area contributed by atoms with Gasteiger partial charge in [0.15, 0.2) is 0 Å². The van der Waals surface area contributed by atoms with Crippen LogP contribution in [0.3, 0.4) is 0 Å². The number of rotatable bonds is 6. The van der Waals surface area contributed by atoms with Gasteiger partial charge in [-0.25, -0.2) is 0 Å². The average molecular weight is 198 g/mol. The molecule has 1 rings (SSSR count). The molecule has 0 aliphatic heterocycles. The van der Waals surface area contributed by atoms with Crippen LogP contribution in [-0.2, 0) is 6.42 Å². The second-order valence-electron chi connectivity index (χ2n) is 3.27. The van der Waals surface area contributed by atoms with E-state index in [9.17, 15) is 0 Å². The van der Waals surface area contributed by atoms with Gasteiger partial charge >= 0.3 is 0 Å². The molecule has 1 aromatic heterocycles. The van der Waals surface area contributed by atoms with Gasteiger partial charge in [-0.15, -0.1) is 11.3 Å². The zero-order valence-electron chi connectivity index (χ0n) is 8.12. The largest absolute Gasteiger partial charge is 0.271 e. The maximum atomic E-state index is 5.45. The number of hydrazine groups is 1. The minimum atomic E-state index is 0.479. The van der Waals surface area contributed by atoms with Gasteiger partial charge in [0.2, 0.25) is 0 Å². The molecule has 0 fully saturated rings. The van der Waals surface area contributed by atoms with E-state index in [-0.39, 0.29) is 0 Å². The maximum absolute atomic E-state index is 5.45. The van der Waals surface area contributed by atoms with E-state index in [1.807, 2.05) is 11.3 Å². The van der Waals surface area contributed by atoms with Crippen molar-refractivity contribution in [3.63, 3.8) is 0 Å². The summed E-state index contributed by atoms with van der Waals surface area (Å²) in [5, 5.41) is 2.13. The Hall–Kier alpha value is -0.380. The molecule has 0 aromatic carbocycles. The van der Waals surface area contributed by atoms with Crippen molar-refractivity contribution in [1.82, 2.24) is 5.43 Å². The Labute approximate surface area is 84.1 Å². The first-order valence-corrected chi connectivity index (χ1v) is 5.73. The molecule has 3 heteroatoms. The summed E-state index contributed by atoms with van der Waals surface area (Å²) in [6.07, 6.45) is 4.65. The monoisotopic (exact) mass is 198 g/mol. The fraction of sp³-hybridized carbons (Fsp3) is 0.600. The average Bonchev–Trinajstić information content (AvgIpc) is 2.64. The summed E-state index contributed by atoms with van der Waals surface area (Å²) in [4.78, 5) is 1.45. The van der Waals surface area contributed by atoms with Gasteiger partial charge in [-0.2, -0.15) is 0 Å². The van der Waals surface area contributed by atoms with Crippen molar-refractivity contribution in [1.29, 1.82) is 0 Å². The minimum Gasteiger partial charge on any atom is -0.271 e. The molecular weight excluding hydrogens is 180 g/mol. The Kier molecular flexibility index (Phi) is 5.05. The molecule has 1 atom stereocenters. The lowest BCUT2D eigenvalue weighted by Crippen LogP contribution is -2.35. The number of hydrogen-bond donors (Lipinski definition) is 2. The van der Waals surface area contributed by atoms with Crippen molar-refractivity contribution >= 4 is 11.3 Å². The SMILES string of the molecule is CCCC(CCc1cccs1)NN. The van der Waals surface area contributed by atoms with Crippen molar-refractivity contribution in [2.24, 2.45) is 5.84 Å². The Morgan fingerprint density at radius 1 is 1.54 bits per heavy atom. The molecular formula is C10H18N2S. The van der Waals surface area contributed by atoms with E-state index in [0.717, 1.165) is 12.8 Å². The minimum absolute atomic E-state index is 0.479. The fourth-order valence-electron chi connectivity index (χ4n) is 1.43. The van der Waals surface area contributed by atoms with E-state index in [2.05, 4.69) is 29.9 Å². The lowest BCUT2D eigenvalue weighted by atomic mass is 10.1. The smallest absolute Gasteiger partial charge is 0.0213 e. The summed E-state index contributed by atoms with van der Waals surface area (Å²) in [6, 6.07) is 4.77. The number of nitrogens with two attached hydrogens (primary N) is 1. The van der Waals surface area contributed by atoms with Crippen molar-refractivity contribution in [3.05, 3.63) is 22.4 Å². The van der Waals surface area contributed by atoms with Crippen LogP contribution in [0.25, 0.3) is 0 Å². The molecule has 0 bridgehead atoms. The molecule has 0 amide bonds. The molecule has 13 heavy (non-hydrogen) atoms. The molecule has 0 saturated heterocycles. The fourth-order valence-corrected chi connectivity index (χ4v) is 2.16. The highest BCUT2D eigenvalue weighted by molar-refractivity contribution is 7.09. The van der Waals surface area contributed by atoms with Crippen LogP contribution in [0, 0.1) is 0 Å². The Morgan fingerprint density at radius 2 is 2.38 bits per heavy atom. The first kappa shape index (κ1) is 10.7. The van der Waals surface area contributed by atoms with Crippen LogP contribution in [0.4, 0.5) is 0 Å². The zero-order chi connectivity index (χ0) is 9.52. The quantitative estimate of drug-likeness (QED) is 0.544. The molecule has 0 radical (unpaired) electrons. The van der Waals surface area contributed by atoms with Crippen LogP contribution in [0.1, 0.15) is 31.1 Å². The standard InChI is InChI=1S/C10H18N2S/c1-2-4-9(12-11)6-7-10-5-3-8-13-10/h3,5,8-9,12H,2,4,6-7,11H2,1H3. The maximum Gasteiger partial charge on any atom is 0.0213 e. The second-order valence-corrected chi connectivity index (χ2v) is 4.30. The van der Waals surface area contributed by atoms with Gasteiger partial charge in [-0.1, -0.05) is 19.4 Å². The van der Waals surface area contributed by atoms with Gasteiger partial charge in [0, 0.05) is 10.9 Å². The van der Waals surface area contributed by atoms with E-state index in [4.69, 9.17) is 5.84 Å². The van der Waals surface area contributed by atoms with E-state index in [1.165, 1.54) is 17.7 Å². The van der Waals surface area contributed by atoms with E-state index in [0.29, 0.717) is 6.04 Å². The van der Waals surface area contributed by atoms with Gasteiger partial charge in [0.25, 0.3) is 0 Å². The van der Waals surface area contributed by atoms with Crippen molar-refractivity contribution in [2.75, 3.05) is 0 Å². The van der Waals surface area contributed by atoms with Crippen LogP contribution in [-0.4, -0.2) is 6.04 Å². The highest BCUT2D eigenvalue weighted by Crippen LogP contribution is 2.13. The first-order chi connectivity index (χ1) is 6.36. The third-order valence-corrected chi connectivity index (χ3v) is 3.13. The lowest BCUT2D eigenvalue weighted by Gasteiger charge is -2.13. The topological polar surface area (TPSA) is 38.0 Å². The van der Waals surface area contributed by atoms with Crippen LogP contribution >= 0.6 is 11.3 Å². The molecule has 0 spiro atoms. The molecule has 3 N–H and O–H groups in total. The third kappa shape index (κ3) is 3.89. The Bertz CT molecular complexity index is 209. The molecule has 1 aromatic rings. The summed E-state index contributed by atoms with van der Waals surface area (Å²) < 4.78 is 0. The number of thiophene rings is 1. The summed E-state index contributed by atoms with van der Waals surface area (Å²) >= 11 is 1.82. The number of hydrogen-bond acceptors (Lipinski definition) is 3. The van der Waals surface area contributed by atoms with Gasteiger partial charge in [0.05, 0.1) is 0 Å². The summed E-state index contributed by atoms with van der Waals surface area (Å²) in [5.74, 6) is 5.45. The van der Waals surface area contributed by atoms with E-state index >= 15 is 0 Å². The van der Waals surface area contributed by atoms with Crippen LogP contribution < -0.4 is 11.3 Å². The van der Waals surface area contributed by atoms with Gasteiger partial charge < -0.3 is 0 Å². The molecule has 0 saturated carbocycles. The number of aryl methyl sites for hydroxylation is 1. The van der Waals surface area contributed by atoms with Gasteiger partial charge in [0.1, 0.15) is 0 Å². The predicted octanol–water partition coefficient (Wildman–Crippen LogP) is 2.31.